The van der Waals surface area contributed by atoms with Crippen molar-refractivity contribution in [2.45, 2.75) is 27.7 Å². The summed E-state index contributed by atoms with van der Waals surface area (Å²) in [5.74, 6) is 0. The van der Waals surface area contributed by atoms with Gasteiger partial charge in [0.25, 0.3) is 0 Å². The summed E-state index contributed by atoms with van der Waals surface area (Å²) in [6, 6.07) is 75.8. The molecule has 288 valence electrons. The monoisotopic (exact) mass is 770 g/mol. The van der Waals surface area contributed by atoms with E-state index in [1.807, 2.05) is 0 Å². The minimum absolute atomic E-state index is 1.13. The van der Waals surface area contributed by atoms with Gasteiger partial charge in [0.1, 0.15) is 0 Å². The first-order valence-corrected chi connectivity index (χ1v) is 20.8. The highest BCUT2D eigenvalue weighted by Crippen LogP contribution is 2.43. The summed E-state index contributed by atoms with van der Waals surface area (Å²) in [5, 5.41) is 7.51. The first kappa shape index (κ1) is 36.9. The normalized spacial score (nSPS) is 11.3. The molecule has 0 radical (unpaired) electrons. The second-order valence-electron chi connectivity index (χ2n) is 16.2. The molecule has 10 rings (SSSR count). The number of aryl methyl sites for hydroxylation is 4. The molecule has 0 N–H and O–H groups in total. The van der Waals surface area contributed by atoms with Crippen molar-refractivity contribution in [1.29, 1.82) is 0 Å². The van der Waals surface area contributed by atoms with Crippen LogP contribution in [0.25, 0.3) is 54.6 Å². The molecule has 0 aromatic heterocycles. The molecule has 2 heteroatoms. The Kier molecular flexibility index (Phi) is 9.47. The Balaban J connectivity index is 1.03. The first-order chi connectivity index (χ1) is 29.4. The minimum atomic E-state index is 1.13. The summed E-state index contributed by atoms with van der Waals surface area (Å²) in [4.78, 5) is 4.70. The van der Waals surface area contributed by atoms with Crippen LogP contribution in [0.4, 0.5) is 34.1 Å². The van der Waals surface area contributed by atoms with Crippen molar-refractivity contribution in [3.8, 4) is 22.3 Å². The maximum Gasteiger partial charge on any atom is 0.0464 e. The number of anilines is 6. The zero-order valence-electron chi connectivity index (χ0n) is 34.5. The number of rotatable bonds is 8. The highest BCUT2D eigenvalue weighted by Gasteiger charge is 2.17. The number of hydrogen-bond acceptors (Lipinski definition) is 2. The van der Waals surface area contributed by atoms with Crippen molar-refractivity contribution >= 4 is 66.4 Å². The molecule has 0 spiro atoms. The van der Waals surface area contributed by atoms with Gasteiger partial charge in [-0.15, -0.1) is 0 Å². The molecular weight excluding hydrogens is 725 g/mol. The quantitative estimate of drug-likeness (QED) is 0.112. The van der Waals surface area contributed by atoms with E-state index in [4.69, 9.17) is 0 Å². The third kappa shape index (κ3) is 6.97. The molecule has 10 aromatic rings. The van der Waals surface area contributed by atoms with E-state index in [-0.39, 0.29) is 0 Å². The molecule has 0 saturated heterocycles. The highest BCUT2D eigenvalue weighted by molar-refractivity contribution is 6.20. The van der Waals surface area contributed by atoms with Gasteiger partial charge in [0, 0.05) is 34.1 Å². The molecule has 10 aromatic carbocycles. The smallest absolute Gasteiger partial charge is 0.0464 e. The van der Waals surface area contributed by atoms with Gasteiger partial charge in [-0.3, -0.25) is 0 Å². The van der Waals surface area contributed by atoms with Crippen LogP contribution in [-0.2, 0) is 0 Å². The van der Waals surface area contributed by atoms with Crippen molar-refractivity contribution in [3.05, 3.63) is 229 Å². The summed E-state index contributed by atoms with van der Waals surface area (Å²) < 4.78 is 0. The topological polar surface area (TPSA) is 6.48 Å². The molecule has 0 bridgehead atoms. The predicted molar refractivity (Wildman–Crippen MR) is 258 cm³/mol. The lowest BCUT2D eigenvalue weighted by molar-refractivity contribution is 1.26. The summed E-state index contributed by atoms with van der Waals surface area (Å²) in [6.45, 7) is 8.61. The van der Waals surface area contributed by atoms with Gasteiger partial charge in [0.15, 0.2) is 0 Å². The third-order valence-electron chi connectivity index (χ3n) is 11.8. The van der Waals surface area contributed by atoms with Gasteiger partial charge in [-0.2, -0.15) is 0 Å². The second-order valence-corrected chi connectivity index (χ2v) is 16.2. The Bertz CT molecular complexity index is 3100. The van der Waals surface area contributed by atoms with Crippen LogP contribution in [0.2, 0.25) is 0 Å². The lowest BCUT2D eigenvalue weighted by Gasteiger charge is -2.26. The van der Waals surface area contributed by atoms with Crippen LogP contribution in [0.15, 0.2) is 206 Å². The predicted octanol–water partition coefficient (Wildman–Crippen LogP) is 16.7. The Morgan fingerprint density at radius 3 is 1.18 bits per heavy atom. The van der Waals surface area contributed by atoms with E-state index in [2.05, 4.69) is 244 Å². The number of nitrogens with zero attached hydrogens (tertiary/aromatic N) is 2. The molecule has 0 amide bonds. The number of benzene rings is 10. The molecule has 0 saturated carbocycles. The Hall–Kier alpha value is -7.42. The van der Waals surface area contributed by atoms with Gasteiger partial charge >= 0.3 is 0 Å². The molecule has 2 nitrogen and oxygen atoms in total. The summed E-state index contributed by atoms with van der Waals surface area (Å²) in [5.41, 5.74) is 16.7. The third-order valence-corrected chi connectivity index (χ3v) is 11.8. The zero-order valence-corrected chi connectivity index (χ0v) is 34.5. The molecule has 0 fully saturated rings. The van der Waals surface area contributed by atoms with Gasteiger partial charge in [-0.25, -0.2) is 0 Å². The van der Waals surface area contributed by atoms with E-state index in [1.165, 1.54) is 76.8 Å². The van der Waals surface area contributed by atoms with Gasteiger partial charge < -0.3 is 9.80 Å². The van der Waals surface area contributed by atoms with Crippen LogP contribution >= 0.6 is 0 Å². The van der Waals surface area contributed by atoms with E-state index in [1.54, 1.807) is 0 Å². The fourth-order valence-electron chi connectivity index (χ4n) is 8.91. The van der Waals surface area contributed by atoms with E-state index >= 15 is 0 Å². The zero-order chi connectivity index (χ0) is 40.7. The standard InChI is InChI=1S/C58H46N2/c1-39-11-7-16-50(33-39)59(51-17-8-12-40(2)34-51)48-27-21-43(22-28-48)45-25-31-54-47(37-45)26-32-56-57(54)38-46-15-5-6-20-55(46)58(56)44-23-29-49(30-24-44)60(52-18-9-13-41(3)35-52)53-19-10-14-42(4)36-53/h5-38H,1-4H3. The van der Waals surface area contributed by atoms with Crippen molar-refractivity contribution < 1.29 is 0 Å². The maximum absolute atomic E-state index is 2.38. The highest BCUT2D eigenvalue weighted by atomic mass is 15.1. The van der Waals surface area contributed by atoms with Crippen LogP contribution in [0.5, 0.6) is 0 Å². The van der Waals surface area contributed by atoms with Crippen LogP contribution in [0.1, 0.15) is 22.3 Å². The molecule has 0 aliphatic carbocycles. The van der Waals surface area contributed by atoms with Gasteiger partial charge in [-0.05, 0) is 189 Å². The largest absolute Gasteiger partial charge is 0.310 e. The average molecular weight is 771 g/mol. The summed E-state index contributed by atoms with van der Waals surface area (Å²) in [7, 11) is 0. The number of fused-ring (bicyclic) bond motifs is 4. The Morgan fingerprint density at radius 1 is 0.250 bits per heavy atom. The van der Waals surface area contributed by atoms with Crippen molar-refractivity contribution in [1.82, 2.24) is 0 Å². The van der Waals surface area contributed by atoms with Gasteiger partial charge in [-0.1, -0.05) is 121 Å². The lowest BCUT2D eigenvalue weighted by Crippen LogP contribution is -2.10. The molecule has 0 heterocycles. The average Bonchev–Trinajstić information content (AvgIpc) is 3.26. The maximum atomic E-state index is 2.38. The van der Waals surface area contributed by atoms with E-state index in [9.17, 15) is 0 Å². The first-order valence-electron chi connectivity index (χ1n) is 20.8. The number of hydrogen-bond donors (Lipinski definition) is 0. The lowest BCUT2D eigenvalue weighted by atomic mass is 9.89. The fraction of sp³-hybridized carbons (Fsp3) is 0.0690. The van der Waals surface area contributed by atoms with Crippen molar-refractivity contribution in [2.24, 2.45) is 0 Å². The molecular formula is C58H46N2. The van der Waals surface area contributed by atoms with Crippen LogP contribution in [0, 0.1) is 27.7 Å². The SMILES string of the molecule is Cc1cccc(N(c2ccc(-c3ccc4c(ccc5c(-c6ccc(N(c7cccc(C)c7)c7cccc(C)c7)cc6)c6ccccc6cc54)c3)cc2)c2cccc(C)c2)c1. The Labute approximate surface area is 353 Å². The Morgan fingerprint density at radius 2 is 0.683 bits per heavy atom. The summed E-state index contributed by atoms with van der Waals surface area (Å²) >= 11 is 0. The van der Waals surface area contributed by atoms with Crippen molar-refractivity contribution in [3.63, 3.8) is 0 Å². The van der Waals surface area contributed by atoms with Crippen LogP contribution < -0.4 is 9.80 Å². The minimum Gasteiger partial charge on any atom is -0.310 e. The molecule has 0 aliphatic rings. The molecule has 0 unspecified atom stereocenters. The summed E-state index contributed by atoms with van der Waals surface area (Å²) in [6.07, 6.45) is 0. The van der Waals surface area contributed by atoms with Crippen LogP contribution in [-0.4, -0.2) is 0 Å². The molecule has 60 heavy (non-hydrogen) atoms. The second kappa shape index (κ2) is 15.4. The van der Waals surface area contributed by atoms with Gasteiger partial charge in [0.2, 0.25) is 0 Å². The molecule has 0 atom stereocenters. The van der Waals surface area contributed by atoms with E-state index in [0.717, 1.165) is 34.1 Å². The fourth-order valence-corrected chi connectivity index (χ4v) is 8.91. The molecule has 0 aliphatic heterocycles. The van der Waals surface area contributed by atoms with Crippen LogP contribution in [0.3, 0.4) is 0 Å². The van der Waals surface area contributed by atoms with Gasteiger partial charge in [0.05, 0.1) is 0 Å². The van der Waals surface area contributed by atoms with E-state index in [0.29, 0.717) is 0 Å². The van der Waals surface area contributed by atoms with E-state index < -0.39 is 0 Å². The van der Waals surface area contributed by atoms with Crippen molar-refractivity contribution in [2.75, 3.05) is 9.80 Å².